The number of aliphatic carboxylic acids is 1. The van der Waals surface area contributed by atoms with Gasteiger partial charge in [0.15, 0.2) is 0 Å². The SMILES string of the molecule is CC1(c2cccc(C(=O)N3C[C@H]4COCC[C@@]4(C(=O)O)C3)c2)NC(=O)NC1=O. The molecule has 3 fully saturated rings. The normalized spacial score (nSPS) is 31.9. The van der Waals surface area contributed by atoms with E-state index in [1.165, 1.54) is 0 Å². The van der Waals surface area contributed by atoms with E-state index in [-0.39, 0.29) is 18.4 Å². The Morgan fingerprint density at radius 1 is 1.32 bits per heavy atom. The first-order valence-electron chi connectivity index (χ1n) is 9.11. The average Bonchev–Trinajstić information content (AvgIpc) is 3.20. The number of hydrogen-bond acceptors (Lipinski definition) is 5. The van der Waals surface area contributed by atoms with Crippen molar-refractivity contribution in [3.8, 4) is 0 Å². The highest BCUT2D eigenvalue weighted by molar-refractivity contribution is 6.07. The number of likely N-dealkylation sites (tertiary alicyclic amines) is 1. The number of nitrogens with one attached hydrogen (secondary N) is 2. The summed E-state index contributed by atoms with van der Waals surface area (Å²) in [5.41, 5.74) is -1.42. The Kier molecular flexibility index (Phi) is 4.15. The third kappa shape index (κ3) is 2.65. The number of carboxylic acid groups (broad SMARTS) is 1. The number of benzene rings is 1. The molecule has 9 heteroatoms. The fourth-order valence-corrected chi connectivity index (χ4v) is 4.35. The molecule has 0 radical (unpaired) electrons. The van der Waals surface area contributed by atoms with Gasteiger partial charge in [-0.1, -0.05) is 12.1 Å². The van der Waals surface area contributed by atoms with Crippen molar-refractivity contribution in [3.05, 3.63) is 35.4 Å². The van der Waals surface area contributed by atoms with Crippen LogP contribution in [0, 0.1) is 11.3 Å². The van der Waals surface area contributed by atoms with Gasteiger partial charge in [-0.2, -0.15) is 0 Å². The van der Waals surface area contributed by atoms with Gasteiger partial charge in [-0.3, -0.25) is 19.7 Å². The molecule has 3 aliphatic heterocycles. The van der Waals surface area contributed by atoms with Gasteiger partial charge in [0.05, 0.1) is 12.0 Å². The summed E-state index contributed by atoms with van der Waals surface area (Å²) in [6.45, 7) is 2.70. The molecule has 3 N–H and O–H groups in total. The molecule has 3 heterocycles. The van der Waals surface area contributed by atoms with Crippen molar-refractivity contribution < 1.29 is 29.0 Å². The molecule has 4 amide bonds. The lowest BCUT2D eigenvalue weighted by molar-refractivity contribution is -0.157. The largest absolute Gasteiger partial charge is 0.481 e. The van der Waals surface area contributed by atoms with E-state index in [0.29, 0.717) is 37.3 Å². The van der Waals surface area contributed by atoms with Crippen molar-refractivity contribution >= 4 is 23.8 Å². The maximum Gasteiger partial charge on any atom is 0.322 e. The van der Waals surface area contributed by atoms with Gasteiger partial charge >= 0.3 is 12.0 Å². The van der Waals surface area contributed by atoms with Crippen LogP contribution in [-0.2, 0) is 19.9 Å². The number of fused-ring (bicyclic) bond motifs is 1. The first kappa shape index (κ1) is 18.4. The van der Waals surface area contributed by atoms with Crippen LogP contribution >= 0.6 is 0 Å². The molecule has 3 aliphatic rings. The predicted octanol–water partition coefficient (Wildman–Crippen LogP) is 0.305. The standard InChI is InChI=1S/C19H21N3O6/c1-18(15(24)20-17(27)21-18)12-4-2-3-11(7-12)14(23)22-8-13-9-28-6-5-19(13,10-22)16(25)26/h2-4,7,13H,5-6,8-10H2,1H3,(H,25,26)(H2,20,21,24,27)/t13-,18?,19+/m0/s1. The van der Waals surface area contributed by atoms with Crippen LogP contribution in [0.15, 0.2) is 24.3 Å². The smallest absolute Gasteiger partial charge is 0.322 e. The van der Waals surface area contributed by atoms with E-state index in [1.807, 2.05) is 0 Å². The van der Waals surface area contributed by atoms with Gasteiger partial charge in [0.2, 0.25) is 0 Å². The third-order valence-corrected chi connectivity index (χ3v) is 6.15. The predicted molar refractivity (Wildman–Crippen MR) is 95.4 cm³/mol. The summed E-state index contributed by atoms with van der Waals surface area (Å²) in [4.78, 5) is 50.2. The molecule has 0 aromatic heterocycles. The second-order valence-electron chi connectivity index (χ2n) is 7.78. The van der Waals surface area contributed by atoms with Crippen LogP contribution in [0.2, 0.25) is 0 Å². The molecular formula is C19H21N3O6. The van der Waals surface area contributed by atoms with Crippen molar-refractivity contribution in [2.75, 3.05) is 26.3 Å². The Labute approximate surface area is 161 Å². The average molecular weight is 387 g/mol. The van der Waals surface area contributed by atoms with Gasteiger partial charge in [0.1, 0.15) is 5.54 Å². The summed E-state index contributed by atoms with van der Waals surface area (Å²) in [7, 11) is 0. The van der Waals surface area contributed by atoms with Gasteiger partial charge in [-0.05, 0) is 31.0 Å². The maximum absolute atomic E-state index is 13.1. The van der Waals surface area contributed by atoms with E-state index in [9.17, 15) is 24.3 Å². The first-order valence-corrected chi connectivity index (χ1v) is 9.11. The fraction of sp³-hybridized carbons (Fsp3) is 0.474. The Bertz CT molecular complexity index is 886. The molecule has 3 saturated heterocycles. The quantitative estimate of drug-likeness (QED) is 0.641. The number of carbonyl (C=O) groups is 4. The number of imide groups is 1. The summed E-state index contributed by atoms with van der Waals surface area (Å²) < 4.78 is 5.43. The lowest BCUT2D eigenvalue weighted by atomic mass is 9.74. The van der Waals surface area contributed by atoms with Gasteiger partial charge in [0, 0.05) is 31.2 Å². The second kappa shape index (κ2) is 6.30. The van der Waals surface area contributed by atoms with Crippen molar-refractivity contribution in [2.45, 2.75) is 18.9 Å². The molecule has 0 saturated carbocycles. The topological polar surface area (TPSA) is 125 Å². The number of urea groups is 1. The molecule has 9 nitrogen and oxygen atoms in total. The van der Waals surface area contributed by atoms with Crippen LogP contribution in [0.5, 0.6) is 0 Å². The van der Waals surface area contributed by atoms with Crippen LogP contribution in [0.1, 0.15) is 29.3 Å². The van der Waals surface area contributed by atoms with E-state index in [4.69, 9.17) is 4.74 Å². The summed E-state index contributed by atoms with van der Waals surface area (Å²) in [6, 6.07) is 5.91. The van der Waals surface area contributed by atoms with E-state index < -0.39 is 28.9 Å². The lowest BCUT2D eigenvalue weighted by Crippen LogP contribution is -2.45. The minimum atomic E-state index is -1.26. The number of rotatable bonds is 3. The molecular weight excluding hydrogens is 366 g/mol. The molecule has 0 bridgehead atoms. The Balaban J connectivity index is 1.61. The monoisotopic (exact) mass is 387 g/mol. The van der Waals surface area contributed by atoms with Gasteiger partial charge in [0.25, 0.3) is 11.8 Å². The van der Waals surface area contributed by atoms with Crippen molar-refractivity contribution in [3.63, 3.8) is 0 Å². The van der Waals surface area contributed by atoms with Gasteiger partial charge in [-0.25, -0.2) is 4.79 Å². The Hall–Kier alpha value is -2.94. The lowest BCUT2D eigenvalue weighted by Gasteiger charge is -2.33. The number of carboxylic acids is 1. The molecule has 1 aromatic rings. The molecule has 1 unspecified atom stereocenters. The van der Waals surface area contributed by atoms with Crippen LogP contribution in [-0.4, -0.2) is 60.1 Å². The highest BCUT2D eigenvalue weighted by atomic mass is 16.5. The van der Waals surface area contributed by atoms with Crippen LogP contribution < -0.4 is 10.6 Å². The number of hydrogen-bond donors (Lipinski definition) is 3. The minimum absolute atomic E-state index is 0.133. The van der Waals surface area contributed by atoms with E-state index >= 15 is 0 Å². The maximum atomic E-state index is 13.1. The Morgan fingerprint density at radius 3 is 2.75 bits per heavy atom. The molecule has 148 valence electrons. The van der Waals surface area contributed by atoms with Crippen LogP contribution in [0.3, 0.4) is 0 Å². The number of nitrogens with zero attached hydrogens (tertiary/aromatic N) is 1. The summed E-state index contributed by atoms with van der Waals surface area (Å²) >= 11 is 0. The zero-order valence-corrected chi connectivity index (χ0v) is 15.4. The zero-order chi connectivity index (χ0) is 20.1. The highest BCUT2D eigenvalue weighted by Crippen LogP contribution is 2.43. The van der Waals surface area contributed by atoms with E-state index in [2.05, 4.69) is 10.6 Å². The zero-order valence-electron chi connectivity index (χ0n) is 15.4. The molecule has 4 rings (SSSR count). The Morgan fingerprint density at radius 2 is 2.11 bits per heavy atom. The summed E-state index contributed by atoms with van der Waals surface area (Å²) in [5.74, 6) is -1.94. The fourth-order valence-electron chi connectivity index (χ4n) is 4.35. The summed E-state index contributed by atoms with van der Waals surface area (Å²) in [6.07, 6.45) is 0.376. The van der Waals surface area contributed by atoms with E-state index in [1.54, 1.807) is 36.1 Å². The van der Waals surface area contributed by atoms with Gasteiger partial charge in [-0.15, -0.1) is 0 Å². The van der Waals surface area contributed by atoms with Crippen LogP contribution in [0.25, 0.3) is 0 Å². The number of ether oxygens (including phenoxy) is 1. The molecule has 28 heavy (non-hydrogen) atoms. The first-order chi connectivity index (χ1) is 13.3. The van der Waals surface area contributed by atoms with E-state index in [0.717, 1.165) is 0 Å². The minimum Gasteiger partial charge on any atom is -0.481 e. The van der Waals surface area contributed by atoms with Crippen molar-refractivity contribution in [1.29, 1.82) is 0 Å². The van der Waals surface area contributed by atoms with Crippen LogP contribution in [0.4, 0.5) is 4.79 Å². The molecule has 1 aromatic carbocycles. The molecule has 0 spiro atoms. The number of amides is 4. The highest BCUT2D eigenvalue weighted by Gasteiger charge is 2.55. The second-order valence-corrected chi connectivity index (χ2v) is 7.78. The number of carbonyl (C=O) groups excluding carboxylic acids is 3. The summed E-state index contributed by atoms with van der Waals surface area (Å²) in [5, 5.41) is 14.5. The molecule has 0 aliphatic carbocycles. The van der Waals surface area contributed by atoms with Crippen molar-refractivity contribution in [2.24, 2.45) is 11.3 Å². The third-order valence-electron chi connectivity index (χ3n) is 6.15. The van der Waals surface area contributed by atoms with Gasteiger partial charge < -0.3 is 20.1 Å². The molecule has 3 atom stereocenters. The van der Waals surface area contributed by atoms with Crippen molar-refractivity contribution in [1.82, 2.24) is 15.5 Å².